The Labute approximate surface area is 178 Å². The molecule has 1 fully saturated rings. The molecule has 5 nitrogen and oxygen atoms in total. The van der Waals surface area contributed by atoms with E-state index in [1.165, 1.54) is 11.2 Å². The van der Waals surface area contributed by atoms with Gasteiger partial charge in [0.2, 0.25) is 5.92 Å². The molecule has 1 atom stereocenters. The molecule has 1 aromatic carbocycles. The molecule has 9 heteroatoms. The summed E-state index contributed by atoms with van der Waals surface area (Å²) in [5.41, 5.74) is 2.09. The summed E-state index contributed by atoms with van der Waals surface area (Å²) in [5.74, 6) is -2.63. The Balaban J connectivity index is 1.70. The van der Waals surface area contributed by atoms with E-state index in [-0.39, 0.29) is 37.8 Å². The van der Waals surface area contributed by atoms with E-state index in [1.807, 2.05) is 0 Å². The van der Waals surface area contributed by atoms with Crippen molar-refractivity contribution < 1.29 is 13.6 Å². The minimum Gasteiger partial charge on any atom is -0.331 e. The first-order chi connectivity index (χ1) is 13.7. The molecule has 0 radical (unpaired) electrons. The first-order valence-corrected chi connectivity index (χ1v) is 10.1. The van der Waals surface area contributed by atoms with E-state index in [4.69, 9.17) is 23.2 Å². The van der Waals surface area contributed by atoms with Gasteiger partial charge >= 0.3 is 6.03 Å². The summed E-state index contributed by atoms with van der Waals surface area (Å²) in [6.07, 6.45) is 4.87. The van der Waals surface area contributed by atoms with Crippen LogP contribution in [0.15, 0.2) is 30.9 Å². The fourth-order valence-electron chi connectivity index (χ4n) is 3.50. The van der Waals surface area contributed by atoms with Gasteiger partial charge in [-0.1, -0.05) is 35.3 Å². The monoisotopic (exact) mass is 442 g/mol. The molecule has 1 aliphatic rings. The summed E-state index contributed by atoms with van der Waals surface area (Å²) in [7, 11) is 1.63. The average Bonchev–Trinajstić information content (AvgIpc) is 2.70. The van der Waals surface area contributed by atoms with E-state index < -0.39 is 12.0 Å². The molecule has 1 aliphatic carbocycles. The molecule has 29 heavy (non-hydrogen) atoms. The molecule has 0 bridgehead atoms. The van der Waals surface area contributed by atoms with Gasteiger partial charge in [0.1, 0.15) is 6.33 Å². The van der Waals surface area contributed by atoms with Crippen LogP contribution in [-0.2, 0) is 0 Å². The average molecular weight is 443 g/mol. The highest BCUT2D eigenvalue weighted by atomic mass is 35.5. The molecule has 0 spiro atoms. The number of carbonyl (C=O) groups excluding carboxylic acids is 1. The van der Waals surface area contributed by atoms with Crippen LogP contribution in [0.4, 0.5) is 13.6 Å². The molecule has 3 rings (SSSR count). The molecular formula is C20H22Cl2F2N4O. The molecule has 1 saturated carbocycles. The highest BCUT2D eigenvalue weighted by Crippen LogP contribution is 2.38. The summed E-state index contributed by atoms with van der Waals surface area (Å²) in [4.78, 5) is 22.1. The molecular weight excluding hydrogens is 421 g/mol. The van der Waals surface area contributed by atoms with Gasteiger partial charge in [0.15, 0.2) is 0 Å². The highest BCUT2D eigenvalue weighted by molar-refractivity contribution is 6.44. The number of aromatic nitrogens is 2. The van der Waals surface area contributed by atoms with Crippen molar-refractivity contribution in [3.63, 3.8) is 0 Å². The van der Waals surface area contributed by atoms with Crippen LogP contribution in [0.2, 0.25) is 10.0 Å². The van der Waals surface area contributed by atoms with Crippen molar-refractivity contribution in [3.8, 4) is 11.1 Å². The zero-order valence-corrected chi connectivity index (χ0v) is 17.6. The van der Waals surface area contributed by atoms with E-state index in [9.17, 15) is 13.6 Å². The van der Waals surface area contributed by atoms with Gasteiger partial charge in [-0.2, -0.15) is 0 Å². The minimum atomic E-state index is -2.63. The number of hydrogen-bond donors (Lipinski definition) is 1. The minimum absolute atomic E-state index is 0.197. The summed E-state index contributed by atoms with van der Waals surface area (Å²) in [6.45, 7) is 1.80. The summed E-state index contributed by atoms with van der Waals surface area (Å²) in [6, 6.07) is 2.64. The van der Waals surface area contributed by atoms with Gasteiger partial charge in [0.05, 0.1) is 16.1 Å². The zero-order chi connectivity index (χ0) is 21.2. The van der Waals surface area contributed by atoms with Gasteiger partial charge in [-0.3, -0.25) is 0 Å². The Bertz CT molecular complexity index is 872. The molecule has 0 saturated heterocycles. The fraction of sp³-hybridized carbons (Fsp3) is 0.450. The molecule has 2 amide bonds. The predicted molar refractivity (Wildman–Crippen MR) is 109 cm³/mol. The van der Waals surface area contributed by atoms with Crippen LogP contribution in [0, 0.1) is 0 Å². The van der Waals surface area contributed by atoms with Crippen LogP contribution in [0.3, 0.4) is 0 Å². The van der Waals surface area contributed by atoms with Crippen LogP contribution in [0.1, 0.15) is 44.2 Å². The van der Waals surface area contributed by atoms with Crippen molar-refractivity contribution in [1.82, 2.24) is 20.2 Å². The van der Waals surface area contributed by atoms with E-state index in [2.05, 4.69) is 15.3 Å². The quantitative estimate of drug-likeness (QED) is 0.657. The number of alkyl halides is 2. The van der Waals surface area contributed by atoms with Crippen molar-refractivity contribution in [1.29, 1.82) is 0 Å². The first kappa shape index (κ1) is 21.7. The van der Waals surface area contributed by atoms with Gasteiger partial charge < -0.3 is 10.2 Å². The normalized spacial score (nSPS) is 17.6. The number of hydrogen-bond acceptors (Lipinski definition) is 3. The maximum absolute atomic E-state index is 13.4. The molecule has 0 aliphatic heterocycles. The number of amides is 2. The Hall–Kier alpha value is -1.99. The Morgan fingerprint density at radius 3 is 2.45 bits per heavy atom. The lowest BCUT2D eigenvalue weighted by molar-refractivity contribution is -0.0478. The number of nitrogens with one attached hydrogen (secondary N) is 1. The fourth-order valence-corrected chi connectivity index (χ4v) is 4.11. The number of nitrogens with zero attached hydrogens (tertiary/aromatic N) is 3. The van der Waals surface area contributed by atoms with Crippen molar-refractivity contribution in [3.05, 3.63) is 46.5 Å². The van der Waals surface area contributed by atoms with Crippen LogP contribution in [-0.4, -0.2) is 39.9 Å². The number of urea groups is 1. The van der Waals surface area contributed by atoms with Gasteiger partial charge in [-0.15, -0.1) is 0 Å². The summed E-state index contributed by atoms with van der Waals surface area (Å²) < 4.78 is 26.7. The van der Waals surface area contributed by atoms with E-state index in [0.717, 1.165) is 5.56 Å². The molecule has 1 aromatic heterocycles. The second kappa shape index (κ2) is 8.79. The van der Waals surface area contributed by atoms with Gasteiger partial charge in [0, 0.05) is 49.5 Å². The lowest BCUT2D eigenvalue weighted by atomic mass is 9.91. The number of rotatable bonds is 4. The van der Waals surface area contributed by atoms with Crippen LogP contribution >= 0.6 is 23.2 Å². The molecule has 156 valence electrons. The highest BCUT2D eigenvalue weighted by Gasteiger charge is 2.37. The van der Waals surface area contributed by atoms with Gasteiger partial charge in [-0.05, 0) is 25.3 Å². The largest absolute Gasteiger partial charge is 0.331 e. The van der Waals surface area contributed by atoms with E-state index in [1.54, 1.807) is 38.5 Å². The zero-order valence-electron chi connectivity index (χ0n) is 16.1. The maximum Gasteiger partial charge on any atom is 0.317 e. The van der Waals surface area contributed by atoms with Crippen LogP contribution < -0.4 is 5.32 Å². The predicted octanol–water partition coefficient (Wildman–Crippen LogP) is 5.73. The van der Waals surface area contributed by atoms with Gasteiger partial charge in [-0.25, -0.2) is 23.5 Å². The first-order valence-electron chi connectivity index (χ1n) is 9.34. The Morgan fingerprint density at radius 2 is 1.83 bits per heavy atom. The Kier molecular flexibility index (Phi) is 6.58. The third-order valence-electron chi connectivity index (χ3n) is 5.34. The van der Waals surface area contributed by atoms with Gasteiger partial charge in [0.25, 0.3) is 0 Å². The van der Waals surface area contributed by atoms with Crippen molar-refractivity contribution >= 4 is 29.2 Å². The SMILES string of the molecule is CC(NC(=O)N(C)C1CCC(F)(F)CC1)c1ccc(-c2cncnc2)c(Cl)c1Cl. The van der Waals surface area contributed by atoms with Crippen LogP contribution in [0.5, 0.6) is 0 Å². The summed E-state index contributed by atoms with van der Waals surface area (Å²) >= 11 is 12.9. The van der Waals surface area contributed by atoms with Crippen molar-refractivity contribution in [2.24, 2.45) is 0 Å². The molecule has 1 unspecified atom stereocenters. The molecule has 1 heterocycles. The number of halogens is 4. The van der Waals surface area contributed by atoms with Crippen molar-refractivity contribution in [2.75, 3.05) is 7.05 Å². The lowest BCUT2D eigenvalue weighted by Gasteiger charge is -2.35. The van der Waals surface area contributed by atoms with E-state index in [0.29, 0.717) is 21.2 Å². The number of carbonyl (C=O) groups is 1. The topological polar surface area (TPSA) is 58.1 Å². The van der Waals surface area contributed by atoms with E-state index >= 15 is 0 Å². The Morgan fingerprint density at radius 1 is 1.21 bits per heavy atom. The van der Waals surface area contributed by atoms with Crippen molar-refractivity contribution in [2.45, 2.75) is 50.6 Å². The second-order valence-corrected chi connectivity index (χ2v) is 8.08. The number of benzene rings is 1. The third kappa shape index (κ3) is 4.95. The third-order valence-corrected chi connectivity index (χ3v) is 6.24. The summed E-state index contributed by atoms with van der Waals surface area (Å²) in [5, 5.41) is 3.56. The molecule has 2 aromatic rings. The molecule has 1 N–H and O–H groups in total. The second-order valence-electron chi connectivity index (χ2n) is 7.33. The standard InChI is InChI=1S/C20H22Cl2F2N4O/c1-12(27-19(29)28(2)14-5-7-20(23,24)8-6-14)15-3-4-16(18(22)17(15)21)13-9-25-11-26-10-13/h3-4,9-12,14H,5-8H2,1-2H3,(H,27,29). The lowest BCUT2D eigenvalue weighted by Crippen LogP contribution is -2.46. The smallest absolute Gasteiger partial charge is 0.317 e. The van der Waals surface area contributed by atoms with Crippen LogP contribution in [0.25, 0.3) is 11.1 Å². The maximum atomic E-state index is 13.4.